The normalized spacial score (nSPS) is 11.7. The molecule has 146 valence electrons. The highest BCUT2D eigenvalue weighted by molar-refractivity contribution is 7.89. The first kappa shape index (κ1) is 21.6. The van der Waals surface area contributed by atoms with E-state index in [-0.39, 0.29) is 10.6 Å². The third-order valence-corrected chi connectivity index (χ3v) is 4.10. The summed E-state index contributed by atoms with van der Waals surface area (Å²) in [6.45, 7) is 6.02. The minimum Gasteiger partial charge on any atom is -0.444 e. The maximum atomic E-state index is 11.8. The van der Waals surface area contributed by atoms with Gasteiger partial charge in [0.2, 0.25) is 10.0 Å². The molecule has 10 nitrogen and oxygen atoms in total. The Morgan fingerprint density at radius 3 is 2.50 bits per heavy atom. The summed E-state index contributed by atoms with van der Waals surface area (Å²) in [4.78, 5) is 23.3. The van der Waals surface area contributed by atoms with Crippen molar-refractivity contribution < 1.29 is 22.9 Å². The number of nitrogens with two attached hydrogens (primary N) is 1. The van der Waals surface area contributed by atoms with E-state index in [0.29, 0.717) is 19.5 Å². The molecule has 11 heteroatoms. The van der Waals surface area contributed by atoms with Crippen LogP contribution in [-0.2, 0) is 14.8 Å². The number of benzene rings is 1. The van der Waals surface area contributed by atoms with Gasteiger partial charge in [-0.25, -0.2) is 18.4 Å². The zero-order valence-electron chi connectivity index (χ0n) is 15.2. The number of nitrogens with zero attached hydrogens (tertiary/aromatic N) is 2. The van der Waals surface area contributed by atoms with Crippen LogP contribution < -0.4 is 10.5 Å². The molecule has 3 N–H and O–H groups in total. The molecule has 1 aromatic rings. The highest BCUT2D eigenvalue weighted by Gasteiger charge is 2.20. The van der Waals surface area contributed by atoms with E-state index in [2.05, 4.69) is 5.32 Å². The number of ether oxygens (including phenoxy) is 1. The topological polar surface area (TPSA) is 145 Å². The fourth-order valence-electron chi connectivity index (χ4n) is 1.96. The van der Waals surface area contributed by atoms with E-state index < -0.39 is 32.3 Å². The summed E-state index contributed by atoms with van der Waals surface area (Å²) in [6, 6.07) is 3.39. The highest BCUT2D eigenvalue weighted by atomic mass is 32.2. The van der Waals surface area contributed by atoms with Gasteiger partial charge in [-0.15, -0.1) is 0 Å². The van der Waals surface area contributed by atoms with E-state index in [9.17, 15) is 23.3 Å². The molecular weight excluding hydrogens is 364 g/mol. The number of amides is 1. The maximum Gasteiger partial charge on any atom is 0.410 e. The van der Waals surface area contributed by atoms with Crippen LogP contribution in [0.4, 0.5) is 16.2 Å². The highest BCUT2D eigenvalue weighted by Crippen LogP contribution is 2.27. The van der Waals surface area contributed by atoms with Crippen LogP contribution in [0.5, 0.6) is 0 Å². The van der Waals surface area contributed by atoms with Crippen LogP contribution in [0.2, 0.25) is 0 Å². The molecular formula is C15H24N4O6S. The van der Waals surface area contributed by atoms with E-state index in [1.807, 2.05) is 0 Å². The Morgan fingerprint density at radius 1 is 1.38 bits per heavy atom. The van der Waals surface area contributed by atoms with E-state index in [0.717, 1.165) is 6.07 Å². The molecule has 0 fully saturated rings. The second-order valence-electron chi connectivity index (χ2n) is 6.66. The van der Waals surface area contributed by atoms with Crippen molar-refractivity contribution in [3.63, 3.8) is 0 Å². The first-order valence-corrected chi connectivity index (χ1v) is 9.35. The first-order valence-electron chi connectivity index (χ1n) is 7.80. The predicted octanol–water partition coefficient (Wildman–Crippen LogP) is 1.91. The van der Waals surface area contributed by atoms with Crippen molar-refractivity contribution in [2.24, 2.45) is 5.14 Å². The lowest BCUT2D eigenvalue weighted by molar-refractivity contribution is -0.384. The molecule has 0 spiro atoms. The number of nitro benzene ring substituents is 1. The summed E-state index contributed by atoms with van der Waals surface area (Å²) >= 11 is 0. The third-order valence-electron chi connectivity index (χ3n) is 3.19. The van der Waals surface area contributed by atoms with Gasteiger partial charge in [0.1, 0.15) is 11.3 Å². The quantitative estimate of drug-likeness (QED) is 0.412. The van der Waals surface area contributed by atoms with Gasteiger partial charge in [-0.2, -0.15) is 0 Å². The standard InChI is InChI=1S/C15H24N4O6S/c1-15(2,3)25-14(20)18(4)9-5-8-17-12-7-6-11(26(16,23)24)10-13(12)19(21)22/h6-7,10,17H,5,8-9H2,1-4H3,(H2,16,23,24). The second-order valence-corrected chi connectivity index (χ2v) is 8.22. The number of nitrogens with one attached hydrogen (secondary N) is 1. The van der Waals surface area contributed by atoms with E-state index in [1.165, 1.54) is 17.0 Å². The van der Waals surface area contributed by atoms with Gasteiger partial charge >= 0.3 is 6.09 Å². The van der Waals surface area contributed by atoms with Gasteiger partial charge in [0.25, 0.3) is 5.69 Å². The van der Waals surface area contributed by atoms with Crippen LogP contribution >= 0.6 is 0 Å². The zero-order valence-corrected chi connectivity index (χ0v) is 16.0. The summed E-state index contributed by atoms with van der Waals surface area (Å²) in [7, 11) is -2.43. The van der Waals surface area contributed by atoms with Gasteiger partial charge in [-0.1, -0.05) is 0 Å². The molecule has 0 atom stereocenters. The largest absolute Gasteiger partial charge is 0.444 e. The summed E-state index contributed by atoms with van der Waals surface area (Å²) in [6.07, 6.45) is 0.0464. The molecule has 0 unspecified atom stereocenters. The number of carbonyl (C=O) groups is 1. The van der Waals surface area contributed by atoms with Crippen molar-refractivity contribution in [1.29, 1.82) is 0 Å². The Hall–Kier alpha value is -2.40. The SMILES string of the molecule is CN(CCCNc1ccc(S(N)(=O)=O)cc1[N+](=O)[O-])C(=O)OC(C)(C)C. The van der Waals surface area contributed by atoms with Crippen LogP contribution in [0.25, 0.3) is 0 Å². The molecule has 0 aliphatic rings. The molecule has 0 saturated heterocycles. The number of anilines is 1. The number of hydrogen-bond acceptors (Lipinski definition) is 7. The Morgan fingerprint density at radius 2 is 2.00 bits per heavy atom. The van der Waals surface area contributed by atoms with Gasteiger partial charge in [0, 0.05) is 26.2 Å². The lowest BCUT2D eigenvalue weighted by Crippen LogP contribution is -2.35. The summed E-state index contributed by atoms with van der Waals surface area (Å²) in [5.74, 6) is 0. The Bertz CT molecular complexity index is 773. The van der Waals surface area contributed by atoms with Crippen molar-refractivity contribution in [1.82, 2.24) is 4.90 Å². The summed E-state index contributed by atoms with van der Waals surface area (Å²) in [5.41, 5.74) is -0.811. The van der Waals surface area contributed by atoms with Crippen molar-refractivity contribution in [3.05, 3.63) is 28.3 Å². The number of nitro groups is 1. The van der Waals surface area contributed by atoms with E-state index in [1.54, 1.807) is 27.8 Å². The Kier molecular flexibility index (Phi) is 6.93. The van der Waals surface area contributed by atoms with Gasteiger partial charge in [0.05, 0.1) is 9.82 Å². The molecule has 0 aliphatic heterocycles. The maximum absolute atomic E-state index is 11.8. The van der Waals surface area contributed by atoms with Gasteiger partial charge in [0.15, 0.2) is 0 Å². The Balaban J connectivity index is 2.65. The number of carbonyl (C=O) groups excluding carboxylic acids is 1. The number of primary sulfonamides is 1. The molecule has 26 heavy (non-hydrogen) atoms. The van der Waals surface area contributed by atoms with Crippen LogP contribution in [0, 0.1) is 10.1 Å². The molecule has 0 aliphatic carbocycles. The van der Waals surface area contributed by atoms with Gasteiger partial charge < -0.3 is 15.0 Å². The fraction of sp³-hybridized carbons (Fsp3) is 0.533. The molecule has 1 amide bonds. The minimum atomic E-state index is -4.03. The van der Waals surface area contributed by atoms with Crippen LogP contribution in [-0.4, -0.2) is 50.1 Å². The molecule has 0 radical (unpaired) electrons. The zero-order chi connectivity index (χ0) is 20.1. The fourth-order valence-corrected chi connectivity index (χ4v) is 2.49. The smallest absolute Gasteiger partial charge is 0.410 e. The van der Waals surface area contributed by atoms with Crippen LogP contribution in [0.1, 0.15) is 27.2 Å². The average molecular weight is 388 g/mol. The van der Waals surface area contributed by atoms with Crippen molar-refractivity contribution in [3.8, 4) is 0 Å². The summed E-state index contributed by atoms with van der Waals surface area (Å²) < 4.78 is 27.8. The molecule has 0 heterocycles. The number of hydrogen-bond donors (Lipinski definition) is 2. The third kappa shape index (κ3) is 6.84. The van der Waals surface area contributed by atoms with Crippen molar-refractivity contribution in [2.75, 3.05) is 25.5 Å². The van der Waals surface area contributed by atoms with Crippen molar-refractivity contribution in [2.45, 2.75) is 37.7 Å². The van der Waals surface area contributed by atoms with E-state index in [4.69, 9.17) is 9.88 Å². The van der Waals surface area contributed by atoms with Crippen LogP contribution in [0.3, 0.4) is 0 Å². The number of rotatable bonds is 7. The van der Waals surface area contributed by atoms with Crippen LogP contribution in [0.15, 0.2) is 23.1 Å². The molecule has 1 aromatic carbocycles. The molecule has 0 saturated carbocycles. The molecule has 0 bridgehead atoms. The molecule has 0 aromatic heterocycles. The second kappa shape index (κ2) is 8.32. The van der Waals surface area contributed by atoms with E-state index >= 15 is 0 Å². The average Bonchev–Trinajstić information content (AvgIpc) is 2.48. The predicted molar refractivity (Wildman–Crippen MR) is 96.4 cm³/mol. The Labute approximate surface area is 152 Å². The monoisotopic (exact) mass is 388 g/mol. The number of sulfonamides is 1. The molecule has 1 rings (SSSR count). The summed E-state index contributed by atoms with van der Waals surface area (Å²) in [5, 5.41) is 19.0. The van der Waals surface area contributed by atoms with Gasteiger partial charge in [-0.3, -0.25) is 10.1 Å². The first-order chi connectivity index (χ1) is 11.8. The van der Waals surface area contributed by atoms with Crippen molar-refractivity contribution >= 4 is 27.5 Å². The van der Waals surface area contributed by atoms with Gasteiger partial charge in [-0.05, 0) is 39.3 Å². The lowest BCUT2D eigenvalue weighted by atomic mass is 10.2. The lowest BCUT2D eigenvalue weighted by Gasteiger charge is -2.24. The minimum absolute atomic E-state index is 0.169.